The quantitative estimate of drug-likeness (QED) is 0.473. The molecule has 31 heavy (non-hydrogen) atoms. The zero-order valence-corrected chi connectivity index (χ0v) is 18.6. The van der Waals surface area contributed by atoms with Crippen molar-refractivity contribution in [3.63, 3.8) is 0 Å². The first-order valence-electron chi connectivity index (χ1n) is 9.47. The molecule has 1 aromatic heterocycles. The van der Waals surface area contributed by atoms with E-state index in [1.807, 2.05) is 6.92 Å². The van der Waals surface area contributed by atoms with E-state index < -0.39 is 16.1 Å². The normalized spacial score (nSPS) is 12.4. The predicted molar refractivity (Wildman–Crippen MR) is 118 cm³/mol. The Labute approximate surface area is 184 Å². The van der Waals surface area contributed by atoms with Gasteiger partial charge in [0.15, 0.2) is 0 Å². The highest BCUT2D eigenvalue weighted by molar-refractivity contribution is 7.89. The number of rotatable bonds is 8. The standard InChI is InChI=1S/C20H22FN5O3S2/c1-13-8-9-15(21)12-17(13)18-25-26-20(30-18)24-19(27)23-14(2)10-11-22-31(28,29)16-6-4-3-5-7-16/h3-9,12,14,22H,10-11H2,1-2H3,(H2,23,24,26,27). The van der Waals surface area contributed by atoms with Gasteiger partial charge in [-0.2, -0.15) is 0 Å². The van der Waals surface area contributed by atoms with Crippen LogP contribution in [0.15, 0.2) is 53.4 Å². The molecular weight excluding hydrogens is 441 g/mol. The summed E-state index contributed by atoms with van der Waals surface area (Å²) in [5.74, 6) is -0.375. The Bertz CT molecular complexity index is 1150. The van der Waals surface area contributed by atoms with Crippen LogP contribution in [0.2, 0.25) is 0 Å². The first kappa shape index (κ1) is 22.8. The van der Waals surface area contributed by atoms with Gasteiger partial charge in [-0.3, -0.25) is 5.32 Å². The number of hydrogen-bond acceptors (Lipinski definition) is 6. The van der Waals surface area contributed by atoms with Crippen molar-refractivity contribution in [3.8, 4) is 10.6 Å². The van der Waals surface area contributed by atoms with Crippen molar-refractivity contribution < 1.29 is 17.6 Å². The number of carbonyl (C=O) groups is 1. The van der Waals surface area contributed by atoms with E-state index in [4.69, 9.17) is 0 Å². The number of anilines is 1. The summed E-state index contributed by atoms with van der Waals surface area (Å²) in [6, 6.07) is 11.7. The summed E-state index contributed by atoms with van der Waals surface area (Å²) >= 11 is 1.13. The molecule has 2 aromatic carbocycles. The smallest absolute Gasteiger partial charge is 0.321 e. The lowest BCUT2D eigenvalue weighted by molar-refractivity contribution is 0.248. The van der Waals surface area contributed by atoms with Gasteiger partial charge < -0.3 is 5.32 Å². The monoisotopic (exact) mass is 463 g/mol. The third kappa shape index (κ3) is 6.29. The number of urea groups is 1. The van der Waals surface area contributed by atoms with E-state index in [0.717, 1.165) is 16.9 Å². The topological polar surface area (TPSA) is 113 Å². The zero-order valence-electron chi connectivity index (χ0n) is 16.9. The zero-order chi connectivity index (χ0) is 22.4. The van der Waals surface area contributed by atoms with Crippen LogP contribution in [0.3, 0.4) is 0 Å². The number of halogens is 1. The van der Waals surface area contributed by atoms with Crippen molar-refractivity contribution in [2.75, 3.05) is 11.9 Å². The number of carbonyl (C=O) groups excluding carboxylic acids is 1. The minimum Gasteiger partial charge on any atom is -0.335 e. The Balaban J connectivity index is 1.49. The summed E-state index contributed by atoms with van der Waals surface area (Å²) in [5, 5.41) is 14.0. The van der Waals surface area contributed by atoms with E-state index in [0.29, 0.717) is 17.0 Å². The molecule has 0 saturated carbocycles. The van der Waals surface area contributed by atoms with E-state index in [-0.39, 0.29) is 28.4 Å². The maximum atomic E-state index is 13.5. The Morgan fingerprint density at radius 1 is 1.16 bits per heavy atom. The van der Waals surface area contributed by atoms with Gasteiger partial charge in [-0.1, -0.05) is 35.6 Å². The number of sulfonamides is 1. The van der Waals surface area contributed by atoms with Crippen molar-refractivity contribution in [3.05, 3.63) is 59.9 Å². The van der Waals surface area contributed by atoms with Crippen LogP contribution in [-0.4, -0.2) is 37.2 Å². The maximum absolute atomic E-state index is 13.5. The molecule has 164 valence electrons. The summed E-state index contributed by atoms with van der Waals surface area (Å²) in [7, 11) is -3.58. The van der Waals surface area contributed by atoms with Gasteiger partial charge in [-0.15, -0.1) is 10.2 Å². The van der Waals surface area contributed by atoms with E-state index in [1.54, 1.807) is 31.2 Å². The average Bonchev–Trinajstić information content (AvgIpc) is 3.18. The van der Waals surface area contributed by atoms with Crippen molar-refractivity contribution in [2.24, 2.45) is 0 Å². The number of hydrogen-bond donors (Lipinski definition) is 3. The van der Waals surface area contributed by atoms with Gasteiger partial charge >= 0.3 is 6.03 Å². The van der Waals surface area contributed by atoms with E-state index in [1.165, 1.54) is 24.3 Å². The number of nitrogens with one attached hydrogen (secondary N) is 3. The molecule has 3 rings (SSSR count). The summed E-state index contributed by atoms with van der Waals surface area (Å²) < 4.78 is 40.4. The lowest BCUT2D eigenvalue weighted by Crippen LogP contribution is -2.38. The fraction of sp³-hybridized carbons (Fsp3) is 0.250. The molecular formula is C20H22FN5O3S2. The third-order valence-corrected chi connectivity index (χ3v) is 6.72. The van der Waals surface area contributed by atoms with E-state index >= 15 is 0 Å². The molecule has 0 spiro atoms. The SMILES string of the molecule is Cc1ccc(F)cc1-c1nnc(NC(=O)NC(C)CCNS(=O)(=O)c2ccccc2)s1. The van der Waals surface area contributed by atoms with Crippen molar-refractivity contribution in [1.82, 2.24) is 20.2 Å². The Hall–Kier alpha value is -2.89. The highest BCUT2D eigenvalue weighted by Crippen LogP contribution is 2.29. The Morgan fingerprint density at radius 2 is 1.90 bits per heavy atom. The number of nitrogens with zero attached hydrogens (tertiary/aromatic N) is 2. The van der Waals surface area contributed by atoms with Gasteiger partial charge in [0.1, 0.15) is 10.8 Å². The van der Waals surface area contributed by atoms with Gasteiger partial charge in [0, 0.05) is 18.2 Å². The molecule has 0 aliphatic carbocycles. The fourth-order valence-corrected chi connectivity index (χ4v) is 4.62. The second-order valence-electron chi connectivity index (χ2n) is 6.87. The Kier molecular flexibility index (Phi) is 7.31. The lowest BCUT2D eigenvalue weighted by Gasteiger charge is -2.14. The molecule has 11 heteroatoms. The summed E-state index contributed by atoms with van der Waals surface area (Å²) in [6.07, 6.45) is 0.392. The van der Waals surface area contributed by atoms with Gasteiger partial charge in [-0.25, -0.2) is 22.3 Å². The van der Waals surface area contributed by atoms with E-state index in [9.17, 15) is 17.6 Å². The van der Waals surface area contributed by atoms with Gasteiger partial charge in [-0.05, 0) is 50.1 Å². The molecule has 1 heterocycles. The van der Waals surface area contributed by atoms with Crippen LogP contribution in [0.4, 0.5) is 14.3 Å². The number of benzene rings is 2. The van der Waals surface area contributed by atoms with Crippen LogP contribution in [0.5, 0.6) is 0 Å². The molecule has 1 atom stereocenters. The molecule has 3 N–H and O–H groups in total. The van der Waals surface area contributed by atoms with Gasteiger partial charge in [0.2, 0.25) is 15.2 Å². The molecule has 1 unspecified atom stereocenters. The molecule has 0 aliphatic rings. The van der Waals surface area contributed by atoms with Crippen molar-refractivity contribution in [2.45, 2.75) is 31.2 Å². The molecule has 3 aromatic rings. The van der Waals surface area contributed by atoms with Crippen LogP contribution in [-0.2, 0) is 10.0 Å². The summed E-state index contributed by atoms with van der Waals surface area (Å²) in [5.41, 5.74) is 1.46. The van der Waals surface area contributed by atoms with Crippen LogP contribution < -0.4 is 15.4 Å². The molecule has 0 fully saturated rings. The van der Waals surface area contributed by atoms with Crippen LogP contribution in [0, 0.1) is 12.7 Å². The molecule has 0 bridgehead atoms. The van der Waals surface area contributed by atoms with Crippen molar-refractivity contribution in [1.29, 1.82) is 0 Å². The highest BCUT2D eigenvalue weighted by atomic mass is 32.2. The lowest BCUT2D eigenvalue weighted by atomic mass is 10.1. The molecule has 0 aliphatic heterocycles. The molecule has 0 saturated heterocycles. The first-order valence-corrected chi connectivity index (χ1v) is 11.8. The average molecular weight is 464 g/mol. The predicted octanol–water partition coefficient (Wildman–Crippen LogP) is 3.53. The van der Waals surface area contributed by atoms with Crippen LogP contribution in [0.25, 0.3) is 10.6 Å². The molecule has 0 radical (unpaired) electrons. The number of aryl methyl sites for hydroxylation is 1. The largest absolute Gasteiger partial charge is 0.335 e. The van der Waals surface area contributed by atoms with Crippen LogP contribution in [0.1, 0.15) is 18.9 Å². The van der Waals surface area contributed by atoms with Gasteiger partial charge in [0.05, 0.1) is 4.90 Å². The number of amides is 2. The minimum absolute atomic E-state index is 0.167. The second-order valence-corrected chi connectivity index (χ2v) is 9.62. The second kappa shape index (κ2) is 9.94. The molecule has 8 nitrogen and oxygen atoms in total. The van der Waals surface area contributed by atoms with Crippen LogP contribution >= 0.6 is 11.3 Å². The summed E-state index contributed by atoms with van der Waals surface area (Å²) in [4.78, 5) is 12.4. The maximum Gasteiger partial charge on any atom is 0.321 e. The minimum atomic E-state index is -3.58. The van der Waals surface area contributed by atoms with E-state index in [2.05, 4.69) is 25.6 Å². The number of aromatic nitrogens is 2. The fourth-order valence-electron chi connectivity index (χ4n) is 2.73. The summed E-state index contributed by atoms with van der Waals surface area (Å²) in [6.45, 7) is 3.77. The Morgan fingerprint density at radius 3 is 2.65 bits per heavy atom. The van der Waals surface area contributed by atoms with Crippen molar-refractivity contribution >= 4 is 32.5 Å². The van der Waals surface area contributed by atoms with Gasteiger partial charge in [0.25, 0.3) is 0 Å². The molecule has 2 amide bonds. The highest BCUT2D eigenvalue weighted by Gasteiger charge is 2.15. The third-order valence-electron chi connectivity index (χ3n) is 4.38. The first-order chi connectivity index (χ1) is 14.7.